The Morgan fingerprint density at radius 3 is 2.42 bits per heavy atom. The molecule has 24 heavy (non-hydrogen) atoms. The molecule has 0 saturated heterocycles. The molecule has 2 rings (SSSR count). The number of phenols is 1. The molecule has 0 aliphatic rings. The molecule has 5 nitrogen and oxygen atoms in total. The Labute approximate surface area is 139 Å². The topological polar surface area (TPSA) is 78.4 Å². The summed E-state index contributed by atoms with van der Waals surface area (Å²) in [5.41, 5.74) is 1.15. The molecule has 2 aromatic carbocycles. The van der Waals surface area contributed by atoms with Crippen molar-refractivity contribution < 1.29 is 19.1 Å². The molecular formula is C18H19FN2O3. The third kappa shape index (κ3) is 4.81. The van der Waals surface area contributed by atoms with Crippen LogP contribution in [0.2, 0.25) is 0 Å². The maximum Gasteiger partial charge on any atom is 0.259 e. The average molecular weight is 330 g/mol. The van der Waals surface area contributed by atoms with Crippen molar-refractivity contribution in [3.05, 3.63) is 59.4 Å². The van der Waals surface area contributed by atoms with Crippen molar-refractivity contribution >= 4 is 17.5 Å². The minimum atomic E-state index is -0.614. The summed E-state index contributed by atoms with van der Waals surface area (Å²) in [6.45, 7) is 3.77. The van der Waals surface area contributed by atoms with Crippen molar-refractivity contribution in [2.75, 3.05) is 5.32 Å². The second-order valence-corrected chi connectivity index (χ2v) is 5.71. The monoisotopic (exact) mass is 330 g/mol. The van der Waals surface area contributed by atoms with E-state index < -0.39 is 11.7 Å². The second-order valence-electron chi connectivity index (χ2n) is 5.71. The molecule has 2 aromatic rings. The third-order valence-corrected chi connectivity index (χ3v) is 3.23. The summed E-state index contributed by atoms with van der Waals surface area (Å²) in [4.78, 5) is 23.8. The van der Waals surface area contributed by atoms with E-state index in [1.54, 1.807) is 24.3 Å². The minimum absolute atomic E-state index is 0.0773. The van der Waals surface area contributed by atoms with E-state index in [-0.39, 0.29) is 29.7 Å². The highest BCUT2D eigenvalue weighted by atomic mass is 19.1. The van der Waals surface area contributed by atoms with Crippen molar-refractivity contribution in [2.45, 2.75) is 26.3 Å². The van der Waals surface area contributed by atoms with Gasteiger partial charge in [-0.2, -0.15) is 0 Å². The van der Waals surface area contributed by atoms with E-state index in [2.05, 4.69) is 10.6 Å². The predicted molar refractivity (Wildman–Crippen MR) is 89.4 cm³/mol. The summed E-state index contributed by atoms with van der Waals surface area (Å²) in [6.07, 6.45) is 0.247. The number of hydrogen-bond donors (Lipinski definition) is 3. The number of nitrogens with one attached hydrogen (secondary N) is 2. The molecule has 0 unspecified atom stereocenters. The van der Waals surface area contributed by atoms with Crippen LogP contribution < -0.4 is 10.6 Å². The molecule has 0 aromatic heterocycles. The van der Waals surface area contributed by atoms with E-state index in [0.717, 1.165) is 23.8 Å². The number of carbonyl (C=O) groups is 2. The first-order valence-corrected chi connectivity index (χ1v) is 7.53. The lowest BCUT2D eigenvalue weighted by Crippen LogP contribution is -2.31. The van der Waals surface area contributed by atoms with Crippen LogP contribution in [0.3, 0.4) is 0 Å². The highest BCUT2D eigenvalue weighted by Gasteiger charge is 2.12. The Hall–Kier alpha value is -2.89. The fraction of sp³-hybridized carbons (Fsp3) is 0.222. The lowest BCUT2D eigenvalue weighted by atomic mass is 10.1. The molecule has 0 heterocycles. The molecule has 0 radical (unpaired) electrons. The number of benzene rings is 2. The van der Waals surface area contributed by atoms with Crippen LogP contribution in [-0.4, -0.2) is 23.0 Å². The normalized spacial score (nSPS) is 10.5. The first-order valence-electron chi connectivity index (χ1n) is 7.53. The molecule has 6 heteroatoms. The average Bonchev–Trinajstić information content (AvgIpc) is 2.50. The molecule has 0 spiro atoms. The van der Waals surface area contributed by atoms with Gasteiger partial charge in [0.05, 0.1) is 12.0 Å². The van der Waals surface area contributed by atoms with Gasteiger partial charge in [0.25, 0.3) is 5.91 Å². The Bertz CT molecular complexity index is 742. The summed E-state index contributed by atoms with van der Waals surface area (Å²) in [5, 5.41) is 15.0. The van der Waals surface area contributed by atoms with Crippen LogP contribution in [0.4, 0.5) is 10.1 Å². The van der Waals surface area contributed by atoms with Gasteiger partial charge in [0, 0.05) is 11.7 Å². The Balaban J connectivity index is 2.02. The number of amides is 2. The number of anilines is 1. The Morgan fingerprint density at radius 2 is 1.79 bits per heavy atom. The molecule has 0 fully saturated rings. The summed E-state index contributed by atoms with van der Waals surface area (Å²) < 4.78 is 13.2. The second kappa shape index (κ2) is 7.59. The zero-order valence-corrected chi connectivity index (χ0v) is 13.5. The van der Waals surface area contributed by atoms with Crippen molar-refractivity contribution in [1.29, 1.82) is 0 Å². The molecule has 3 N–H and O–H groups in total. The Kier molecular flexibility index (Phi) is 5.52. The van der Waals surface area contributed by atoms with Crippen LogP contribution in [0.15, 0.2) is 42.5 Å². The molecule has 0 aliphatic heterocycles. The fourth-order valence-electron chi connectivity index (χ4n) is 2.15. The van der Waals surface area contributed by atoms with Gasteiger partial charge in [-0.3, -0.25) is 9.59 Å². The van der Waals surface area contributed by atoms with Crippen LogP contribution in [0, 0.1) is 5.82 Å². The standard InChI is InChI=1S/C18H19FN2O3/c1-11(2)20-17(23)9-12-3-6-14(7-4-12)21-18(24)15-10-13(19)5-8-16(15)22/h3-8,10-11,22H,9H2,1-2H3,(H,20,23)(H,21,24). The van der Waals surface area contributed by atoms with Crippen LogP contribution in [-0.2, 0) is 11.2 Å². The summed E-state index contributed by atoms with van der Waals surface area (Å²) in [6, 6.07) is 9.98. The van der Waals surface area contributed by atoms with Gasteiger partial charge in [-0.05, 0) is 49.7 Å². The van der Waals surface area contributed by atoms with Gasteiger partial charge in [-0.15, -0.1) is 0 Å². The van der Waals surface area contributed by atoms with Gasteiger partial charge in [-0.1, -0.05) is 12.1 Å². The zero-order valence-electron chi connectivity index (χ0n) is 13.5. The van der Waals surface area contributed by atoms with Crippen molar-refractivity contribution in [3.63, 3.8) is 0 Å². The van der Waals surface area contributed by atoms with E-state index in [1.165, 1.54) is 0 Å². The van der Waals surface area contributed by atoms with Crippen LogP contribution in [0.5, 0.6) is 5.75 Å². The lowest BCUT2D eigenvalue weighted by molar-refractivity contribution is -0.120. The summed E-state index contributed by atoms with van der Waals surface area (Å²) >= 11 is 0. The zero-order chi connectivity index (χ0) is 17.7. The van der Waals surface area contributed by atoms with E-state index in [4.69, 9.17) is 0 Å². The molecule has 126 valence electrons. The quantitative estimate of drug-likeness (QED) is 0.789. The first kappa shape index (κ1) is 17.5. The molecule has 0 saturated carbocycles. The highest BCUT2D eigenvalue weighted by molar-refractivity contribution is 6.06. The number of rotatable bonds is 5. The fourth-order valence-corrected chi connectivity index (χ4v) is 2.15. The van der Waals surface area contributed by atoms with E-state index >= 15 is 0 Å². The number of hydrogen-bond acceptors (Lipinski definition) is 3. The van der Waals surface area contributed by atoms with Gasteiger partial charge in [0.15, 0.2) is 0 Å². The number of halogens is 1. The first-order chi connectivity index (χ1) is 11.3. The van der Waals surface area contributed by atoms with Gasteiger partial charge in [0.1, 0.15) is 11.6 Å². The van der Waals surface area contributed by atoms with Gasteiger partial charge in [-0.25, -0.2) is 4.39 Å². The third-order valence-electron chi connectivity index (χ3n) is 3.23. The van der Waals surface area contributed by atoms with E-state index in [0.29, 0.717) is 5.69 Å². The van der Waals surface area contributed by atoms with Gasteiger partial charge < -0.3 is 15.7 Å². The van der Waals surface area contributed by atoms with Gasteiger partial charge in [0.2, 0.25) is 5.91 Å². The smallest absolute Gasteiger partial charge is 0.259 e. The number of carbonyl (C=O) groups excluding carboxylic acids is 2. The Morgan fingerprint density at radius 1 is 1.12 bits per heavy atom. The number of aromatic hydroxyl groups is 1. The van der Waals surface area contributed by atoms with Crippen LogP contribution in [0.1, 0.15) is 29.8 Å². The highest BCUT2D eigenvalue weighted by Crippen LogP contribution is 2.20. The molecule has 0 atom stereocenters. The van der Waals surface area contributed by atoms with Gasteiger partial charge >= 0.3 is 0 Å². The maximum absolute atomic E-state index is 13.2. The van der Waals surface area contributed by atoms with Crippen LogP contribution >= 0.6 is 0 Å². The molecule has 2 amide bonds. The van der Waals surface area contributed by atoms with E-state index in [9.17, 15) is 19.1 Å². The number of phenolic OH excluding ortho intramolecular Hbond substituents is 1. The maximum atomic E-state index is 13.2. The van der Waals surface area contributed by atoms with Crippen molar-refractivity contribution in [1.82, 2.24) is 5.32 Å². The van der Waals surface area contributed by atoms with Crippen molar-refractivity contribution in [2.24, 2.45) is 0 Å². The van der Waals surface area contributed by atoms with E-state index in [1.807, 2.05) is 13.8 Å². The van der Waals surface area contributed by atoms with Crippen LogP contribution in [0.25, 0.3) is 0 Å². The lowest BCUT2D eigenvalue weighted by Gasteiger charge is -2.10. The predicted octanol–water partition coefficient (Wildman–Crippen LogP) is 2.85. The molecule has 0 aliphatic carbocycles. The van der Waals surface area contributed by atoms with Crippen molar-refractivity contribution in [3.8, 4) is 5.75 Å². The summed E-state index contributed by atoms with van der Waals surface area (Å²) in [7, 11) is 0. The largest absolute Gasteiger partial charge is 0.507 e. The SMILES string of the molecule is CC(C)NC(=O)Cc1ccc(NC(=O)c2cc(F)ccc2O)cc1. The molecule has 0 bridgehead atoms. The minimum Gasteiger partial charge on any atom is -0.507 e. The molecular weight excluding hydrogens is 311 g/mol. The summed E-state index contributed by atoms with van der Waals surface area (Å²) in [5.74, 6) is -1.59.